The minimum Gasteiger partial charge on any atom is -0.489 e. The number of para-hydroxylation sites is 1. The molecule has 0 aliphatic rings. The Morgan fingerprint density at radius 1 is 0.931 bits per heavy atom. The van der Waals surface area contributed by atoms with Gasteiger partial charge in [-0.05, 0) is 48.2 Å². The number of nitrogens with zero attached hydrogens (tertiary/aromatic N) is 1. The van der Waals surface area contributed by atoms with Crippen molar-refractivity contribution in [2.45, 2.75) is 20.5 Å². The molecule has 29 heavy (non-hydrogen) atoms. The molecule has 0 aliphatic carbocycles. The molecule has 1 amide bonds. The Bertz CT molecular complexity index is 964. The predicted molar refractivity (Wildman–Crippen MR) is 114 cm³/mol. The fourth-order valence-corrected chi connectivity index (χ4v) is 2.80. The summed E-state index contributed by atoms with van der Waals surface area (Å²) < 4.78 is 11.4. The molecule has 0 fully saturated rings. The summed E-state index contributed by atoms with van der Waals surface area (Å²) in [5, 5.41) is 4.00. The topological polar surface area (TPSA) is 59.9 Å². The van der Waals surface area contributed by atoms with Crippen LogP contribution < -0.4 is 14.9 Å². The summed E-state index contributed by atoms with van der Waals surface area (Å²) in [5.41, 5.74) is 6.40. The van der Waals surface area contributed by atoms with Gasteiger partial charge in [-0.25, -0.2) is 5.43 Å². The number of hydrazone groups is 1. The number of nitrogens with one attached hydrogen (secondary N) is 1. The third-order valence-electron chi connectivity index (χ3n) is 4.27. The first-order valence-electron chi connectivity index (χ1n) is 9.39. The van der Waals surface area contributed by atoms with Gasteiger partial charge in [-0.15, -0.1) is 0 Å². The largest absolute Gasteiger partial charge is 0.489 e. The molecule has 148 valence electrons. The lowest BCUT2D eigenvalue weighted by Crippen LogP contribution is -2.25. The smallest absolute Gasteiger partial charge is 0.277 e. The van der Waals surface area contributed by atoms with Crippen LogP contribution in [0.1, 0.15) is 22.3 Å². The van der Waals surface area contributed by atoms with E-state index >= 15 is 0 Å². The molecule has 0 bridgehead atoms. The lowest BCUT2D eigenvalue weighted by molar-refractivity contribution is -0.123. The first kappa shape index (κ1) is 20.1. The first-order valence-corrected chi connectivity index (χ1v) is 9.39. The van der Waals surface area contributed by atoms with Crippen molar-refractivity contribution in [2.24, 2.45) is 5.10 Å². The van der Waals surface area contributed by atoms with Gasteiger partial charge < -0.3 is 9.47 Å². The number of ether oxygens (including phenoxy) is 2. The van der Waals surface area contributed by atoms with Crippen LogP contribution >= 0.6 is 0 Å². The average molecular weight is 388 g/mol. The van der Waals surface area contributed by atoms with Crippen molar-refractivity contribution in [1.82, 2.24) is 5.43 Å². The van der Waals surface area contributed by atoms with Crippen molar-refractivity contribution in [3.8, 4) is 11.5 Å². The Hall–Kier alpha value is -3.60. The molecular weight excluding hydrogens is 364 g/mol. The summed E-state index contributed by atoms with van der Waals surface area (Å²) in [6.45, 7) is 4.30. The number of carbonyl (C=O) groups is 1. The number of carbonyl (C=O) groups excluding carboxylic acids is 1. The monoisotopic (exact) mass is 388 g/mol. The highest BCUT2D eigenvalue weighted by molar-refractivity contribution is 5.83. The van der Waals surface area contributed by atoms with Gasteiger partial charge in [-0.1, -0.05) is 60.7 Å². The summed E-state index contributed by atoms with van der Waals surface area (Å²) in [6, 6.07) is 23.3. The van der Waals surface area contributed by atoms with Crippen molar-refractivity contribution in [2.75, 3.05) is 6.61 Å². The number of hydrogen-bond acceptors (Lipinski definition) is 4. The quantitative estimate of drug-likeness (QED) is 0.459. The normalized spacial score (nSPS) is 10.7. The number of amides is 1. The standard InChI is InChI=1S/C24H24N2O3/c1-18-8-6-9-19(2)24(18)29-17-23(27)26-25-15-21-12-7-13-22(14-21)28-16-20-10-4-3-5-11-20/h3-15H,16-17H2,1-2H3,(H,26,27). The Labute approximate surface area is 171 Å². The van der Waals surface area contributed by atoms with Crippen molar-refractivity contribution in [3.63, 3.8) is 0 Å². The molecule has 5 nitrogen and oxygen atoms in total. The molecular formula is C24H24N2O3. The minimum absolute atomic E-state index is 0.0940. The molecule has 3 rings (SSSR count). The summed E-state index contributed by atoms with van der Waals surface area (Å²) in [5.74, 6) is 1.15. The van der Waals surface area contributed by atoms with Gasteiger partial charge in [0.15, 0.2) is 6.61 Å². The lowest BCUT2D eigenvalue weighted by atomic mass is 10.1. The van der Waals surface area contributed by atoms with Crippen molar-refractivity contribution in [1.29, 1.82) is 0 Å². The van der Waals surface area contributed by atoms with Crippen LogP contribution in [0.15, 0.2) is 77.9 Å². The van der Waals surface area contributed by atoms with Crippen molar-refractivity contribution in [3.05, 3.63) is 95.1 Å². The summed E-state index contributed by atoms with van der Waals surface area (Å²) in [4.78, 5) is 12.0. The van der Waals surface area contributed by atoms with Crippen LogP contribution in [0.2, 0.25) is 0 Å². The van der Waals surface area contributed by atoms with Crippen LogP contribution in [-0.4, -0.2) is 18.7 Å². The van der Waals surface area contributed by atoms with Crippen LogP contribution in [0, 0.1) is 13.8 Å². The van der Waals surface area contributed by atoms with E-state index in [1.54, 1.807) is 6.21 Å². The Morgan fingerprint density at radius 2 is 1.66 bits per heavy atom. The van der Waals surface area contributed by atoms with E-state index in [9.17, 15) is 4.79 Å². The van der Waals surface area contributed by atoms with Crippen LogP contribution in [0.5, 0.6) is 11.5 Å². The Balaban J connectivity index is 1.49. The maximum atomic E-state index is 12.0. The number of benzene rings is 3. The van der Waals surface area contributed by atoms with Gasteiger partial charge in [0.05, 0.1) is 6.21 Å². The molecule has 0 spiro atoms. The molecule has 0 atom stereocenters. The zero-order valence-corrected chi connectivity index (χ0v) is 16.6. The number of hydrogen-bond donors (Lipinski definition) is 1. The van der Waals surface area contributed by atoms with Crippen LogP contribution in [-0.2, 0) is 11.4 Å². The summed E-state index contributed by atoms with van der Waals surface area (Å²) in [6.07, 6.45) is 1.58. The molecule has 5 heteroatoms. The molecule has 0 saturated carbocycles. The molecule has 0 heterocycles. The Kier molecular flexibility index (Phi) is 7.00. The molecule has 0 unspecified atom stereocenters. The highest BCUT2D eigenvalue weighted by Gasteiger charge is 2.06. The molecule has 3 aromatic carbocycles. The zero-order chi connectivity index (χ0) is 20.5. The zero-order valence-electron chi connectivity index (χ0n) is 16.6. The van der Waals surface area contributed by atoms with E-state index in [1.165, 1.54) is 0 Å². The van der Waals surface area contributed by atoms with Gasteiger partial charge in [-0.2, -0.15) is 5.10 Å². The summed E-state index contributed by atoms with van der Waals surface area (Å²) in [7, 11) is 0. The van der Waals surface area contributed by atoms with E-state index in [0.717, 1.165) is 33.8 Å². The number of aryl methyl sites for hydroxylation is 2. The molecule has 0 aliphatic heterocycles. The van der Waals surface area contributed by atoms with E-state index in [4.69, 9.17) is 9.47 Å². The summed E-state index contributed by atoms with van der Waals surface area (Å²) >= 11 is 0. The minimum atomic E-state index is -0.319. The van der Waals surface area contributed by atoms with Gasteiger partial charge in [0.25, 0.3) is 5.91 Å². The second-order valence-electron chi connectivity index (χ2n) is 6.65. The Morgan fingerprint density at radius 3 is 2.41 bits per heavy atom. The molecule has 1 N–H and O–H groups in total. The first-order chi connectivity index (χ1) is 14.1. The van der Waals surface area contributed by atoms with Gasteiger partial charge in [0, 0.05) is 0 Å². The highest BCUT2D eigenvalue weighted by Crippen LogP contribution is 2.22. The maximum absolute atomic E-state index is 12.0. The average Bonchev–Trinajstić information content (AvgIpc) is 2.73. The van der Waals surface area contributed by atoms with Gasteiger partial charge >= 0.3 is 0 Å². The van der Waals surface area contributed by atoms with Gasteiger partial charge in [0.2, 0.25) is 0 Å². The van der Waals surface area contributed by atoms with Gasteiger partial charge in [0.1, 0.15) is 18.1 Å². The molecule has 0 aromatic heterocycles. The van der Waals surface area contributed by atoms with Crippen LogP contribution in [0.3, 0.4) is 0 Å². The van der Waals surface area contributed by atoms with E-state index in [2.05, 4.69) is 10.5 Å². The fourth-order valence-electron chi connectivity index (χ4n) is 2.80. The van der Waals surface area contributed by atoms with Gasteiger partial charge in [-0.3, -0.25) is 4.79 Å². The SMILES string of the molecule is Cc1cccc(C)c1OCC(=O)NN=Cc1cccc(OCc2ccccc2)c1. The van der Waals surface area contributed by atoms with E-state index in [1.807, 2.05) is 86.6 Å². The van der Waals surface area contributed by atoms with Crippen molar-refractivity contribution >= 4 is 12.1 Å². The second kappa shape index (κ2) is 10.1. The number of rotatable bonds is 8. The second-order valence-corrected chi connectivity index (χ2v) is 6.65. The molecule has 0 saturated heterocycles. The third kappa shape index (κ3) is 6.21. The van der Waals surface area contributed by atoms with Crippen LogP contribution in [0.4, 0.5) is 0 Å². The fraction of sp³-hybridized carbons (Fsp3) is 0.167. The maximum Gasteiger partial charge on any atom is 0.277 e. The predicted octanol–water partition coefficient (Wildman–Crippen LogP) is 4.41. The third-order valence-corrected chi connectivity index (χ3v) is 4.27. The molecule has 3 aromatic rings. The van der Waals surface area contributed by atoms with Crippen molar-refractivity contribution < 1.29 is 14.3 Å². The molecule has 0 radical (unpaired) electrons. The van der Waals surface area contributed by atoms with E-state index in [0.29, 0.717) is 6.61 Å². The van der Waals surface area contributed by atoms with E-state index < -0.39 is 0 Å². The highest BCUT2D eigenvalue weighted by atomic mass is 16.5. The lowest BCUT2D eigenvalue weighted by Gasteiger charge is -2.10. The van der Waals surface area contributed by atoms with E-state index in [-0.39, 0.29) is 12.5 Å². The van der Waals surface area contributed by atoms with Crippen LogP contribution in [0.25, 0.3) is 0 Å².